The first-order chi connectivity index (χ1) is 9.03. The fourth-order valence-corrected chi connectivity index (χ4v) is 0.774. The van der Waals surface area contributed by atoms with Gasteiger partial charge in [-0.15, -0.1) is 0 Å². The van der Waals surface area contributed by atoms with Crippen LogP contribution in [0.4, 0.5) is 0 Å². The Morgan fingerprint density at radius 3 is 1.48 bits per heavy atom. The van der Waals surface area contributed by atoms with Crippen LogP contribution in [0.2, 0.25) is 0 Å². The summed E-state index contributed by atoms with van der Waals surface area (Å²) in [5.41, 5.74) is 4.71. The first-order valence-corrected chi connectivity index (χ1v) is 5.88. The molecule has 0 unspecified atom stereocenters. The van der Waals surface area contributed by atoms with E-state index in [-0.39, 0.29) is 18.0 Å². The van der Waals surface area contributed by atoms with E-state index in [1.807, 2.05) is 12.2 Å². The maximum absolute atomic E-state index is 9.60. The standard InChI is InChI=1S/C8H16N.C4H6O2.C3H5NO.ClH/c1-5-7-9(3,4)8-6-2;1-3(2)4(5)6;1-2-3(4)5;/h5-6H,1-2,7-8H2,3-4H3;1H2,2H3,(H,5,6);2H,1H2,(H2,4,5);1H/q+1;;;/p-1. The highest BCUT2D eigenvalue weighted by molar-refractivity contribution is 5.85. The van der Waals surface area contributed by atoms with Crippen molar-refractivity contribution in [2.24, 2.45) is 5.73 Å². The second-order valence-electron chi connectivity index (χ2n) is 4.57. The van der Waals surface area contributed by atoms with Crippen LogP contribution in [0.3, 0.4) is 0 Å². The molecule has 0 aromatic carbocycles. The van der Waals surface area contributed by atoms with E-state index < -0.39 is 11.9 Å². The molecule has 0 saturated carbocycles. The maximum atomic E-state index is 9.60. The van der Waals surface area contributed by atoms with Gasteiger partial charge in [-0.1, -0.05) is 26.3 Å². The van der Waals surface area contributed by atoms with Crippen LogP contribution in [0.25, 0.3) is 0 Å². The molecule has 122 valence electrons. The van der Waals surface area contributed by atoms with E-state index in [4.69, 9.17) is 5.11 Å². The molecule has 3 N–H and O–H groups in total. The van der Waals surface area contributed by atoms with Crippen molar-refractivity contribution in [2.45, 2.75) is 6.92 Å². The minimum Gasteiger partial charge on any atom is -1.00 e. The number of carbonyl (C=O) groups is 2. The van der Waals surface area contributed by atoms with Crippen molar-refractivity contribution < 1.29 is 31.6 Å². The van der Waals surface area contributed by atoms with Crippen LogP contribution < -0.4 is 18.1 Å². The van der Waals surface area contributed by atoms with Crippen LogP contribution in [0.1, 0.15) is 6.92 Å². The number of halogens is 1. The van der Waals surface area contributed by atoms with Gasteiger partial charge in [-0.25, -0.2) is 4.79 Å². The van der Waals surface area contributed by atoms with Crippen LogP contribution in [-0.2, 0) is 9.59 Å². The predicted octanol–water partition coefficient (Wildman–Crippen LogP) is -1.26. The first-order valence-electron chi connectivity index (χ1n) is 5.88. The second-order valence-corrected chi connectivity index (χ2v) is 4.57. The van der Waals surface area contributed by atoms with Crippen LogP contribution in [0, 0.1) is 0 Å². The summed E-state index contributed by atoms with van der Waals surface area (Å²) >= 11 is 0. The third-order valence-electron chi connectivity index (χ3n) is 1.81. The van der Waals surface area contributed by atoms with Gasteiger partial charge in [0.15, 0.2) is 0 Å². The van der Waals surface area contributed by atoms with Crippen molar-refractivity contribution in [3.63, 3.8) is 0 Å². The molecule has 0 aliphatic heterocycles. The maximum Gasteiger partial charge on any atom is 0.330 e. The molecule has 0 fully saturated rings. The number of nitrogens with zero attached hydrogens (tertiary/aromatic N) is 1. The Hall–Kier alpha value is -1.85. The summed E-state index contributed by atoms with van der Waals surface area (Å²) in [4.78, 5) is 19.1. The van der Waals surface area contributed by atoms with Gasteiger partial charge in [-0.3, -0.25) is 4.79 Å². The van der Waals surface area contributed by atoms with Crippen molar-refractivity contribution >= 4 is 11.9 Å². The van der Waals surface area contributed by atoms with Gasteiger partial charge in [0.05, 0.1) is 27.2 Å². The van der Waals surface area contributed by atoms with E-state index in [0.29, 0.717) is 0 Å². The zero-order valence-corrected chi connectivity index (χ0v) is 13.9. The summed E-state index contributed by atoms with van der Waals surface area (Å²) in [6.45, 7) is 17.1. The molecule has 0 rings (SSSR count). The van der Waals surface area contributed by atoms with Gasteiger partial charge in [-0.2, -0.15) is 0 Å². The number of carbonyl (C=O) groups excluding carboxylic acids is 1. The number of aliphatic carboxylic acids is 1. The molecule has 1 amide bonds. The average Bonchev–Trinajstić information content (AvgIpc) is 2.30. The third-order valence-corrected chi connectivity index (χ3v) is 1.81. The SMILES string of the molecule is C=C(C)C(=O)O.C=CC(N)=O.C=CC[N+](C)(C)CC=C.[Cl-]. The molecule has 0 aliphatic carbocycles. The zero-order chi connectivity index (χ0) is 16.8. The molecule has 0 heterocycles. The minimum atomic E-state index is -0.935. The third kappa shape index (κ3) is 32.1. The summed E-state index contributed by atoms with van der Waals surface area (Å²) < 4.78 is 0.951. The molecule has 0 radical (unpaired) electrons. The smallest absolute Gasteiger partial charge is 0.330 e. The number of likely N-dealkylation sites (N-methyl/N-ethyl adjacent to an activating group) is 1. The summed E-state index contributed by atoms with van der Waals surface area (Å²) in [6, 6.07) is 0. The molecular formula is C15H27ClN2O3. The molecule has 0 bridgehead atoms. The van der Waals surface area contributed by atoms with E-state index in [0.717, 1.165) is 23.6 Å². The largest absolute Gasteiger partial charge is 1.00 e. The van der Waals surface area contributed by atoms with Crippen molar-refractivity contribution in [2.75, 3.05) is 27.2 Å². The number of carboxylic acid groups (broad SMARTS) is 1. The fraction of sp³-hybridized carbons (Fsp3) is 0.333. The normalized spacial score (nSPS) is 8.33. The number of hydrogen-bond acceptors (Lipinski definition) is 2. The Morgan fingerprint density at radius 2 is 1.38 bits per heavy atom. The Bertz CT molecular complexity index is 340. The number of carboxylic acids is 1. The molecule has 21 heavy (non-hydrogen) atoms. The van der Waals surface area contributed by atoms with E-state index >= 15 is 0 Å². The lowest BCUT2D eigenvalue weighted by molar-refractivity contribution is -0.878. The molecule has 0 spiro atoms. The van der Waals surface area contributed by atoms with Gasteiger partial charge in [0, 0.05) is 5.57 Å². The summed E-state index contributed by atoms with van der Waals surface area (Å²) in [5.74, 6) is -1.42. The van der Waals surface area contributed by atoms with Gasteiger partial charge >= 0.3 is 5.97 Å². The highest BCUT2D eigenvalue weighted by Gasteiger charge is 2.07. The Kier molecular flexibility index (Phi) is 21.2. The number of amides is 1. The van der Waals surface area contributed by atoms with E-state index in [1.54, 1.807) is 0 Å². The van der Waals surface area contributed by atoms with E-state index in [2.05, 4.69) is 46.1 Å². The van der Waals surface area contributed by atoms with Crippen molar-refractivity contribution in [3.05, 3.63) is 50.1 Å². The second kappa shape index (κ2) is 16.2. The average molecular weight is 319 g/mol. The van der Waals surface area contributed by atoms with Gasteiger partial charge < -0.3 is 27.7 Å². The lowest BCUT2D eigenvalue weighted by Crippen LogP contribution is -3.00. The Balaban J connectivity index is -0.000000106. The first kappa shape index (κ1) is 27.5. The Labute approximate surface area is 134 Å². The lowest BCUT2D eigenvalue weighted by Gasteiger charge is -2.26. The van der Waals surface area contributed by atoms with Gasteiger partial charge in [0.2, 0.25) is 5.91 Å². The van der Waals surface area contributed by atoms with Crippen molar-refractivity contribution in [3.8, 4) is 0 Å². The van der Waals surface area contributed by atoms with Crippen LogP contribution >= 0.6 is 0 Å². The van der Waals surface area contributed by atoms with Crippen LogP contribution in [-0.4, -0.2) is 48.7 Å². The summed E-state index contributed by atoms with van der Waals surface area (Å²) in [7, 11) is 4.31. The quantitative estimate of drug-likeness (QED) is 0.364. The van der Waals surface area contributed by atoms with Gasteiger partial charge in [-0.05, 0) is 25.2 Å². The predicted molar refractivity (Wildman–Crippen MR) is 84.1 cm³/mol. The number of nitrogens with two attached hydrogens (primary N) is 1. The van der Waals surface area contributed by atoms with E-state index in [1.165, 1.54) is 6.92 Å². The van der Waals surface area contributed by atoms with E-state index in [9.17, 15) is 9.59 Å². The highest BCUT2D eigenvalue weighted by atomic mass is 35.5. The molecule has 0 atom stereocenters. The zero-order valence-electron chi connectivity index (χ0n) is 13.1. The number of rotatable bonds is 6. The molecule has 0 aromatic rings. The molecule has 6 heteroatoms. The number of quaternary nitrogens is 1. The highest BCUT2D eigenvalue weighted by Crippen LogP contribution is 1.95. The molecule has 0 saturated heterocycles. The fourth-order valence-electron chi connectivity index (χ4n) is 0.774. The molecule has 0 aliphatic rings. The summed E-state index contributed by atoms with van der Waals surface area (Å²) in [6.07, 6.45) is 4.92. The lowest BCUT2D eigenvalue weighted by atomic mass is 10.4. The van der Waals surface area contributed by atoms with Crippen molar-refractivity contribution in [1.29, 1.82) is 0 Å². The van der Waals surface area contributed by atoms with Crippen LogP contribution in [0.15, 0.2) is 50.1 Å². The topological polar surface area (TPSA) is 80.4 Å². The number of hydrogen-bond donors (Lipinski definition) is 2. The molecular weight excluding hydrogens is 292 g/mol. The monoisotopic (exact) mass is 318 g/mol. The molecule has 0 aromatic heterocycles. The van der Waals surface area contributed by atoms with Gasteiger partial charge in [0.25, 0.3) is 0 Å². The minimum absolute atomic E-state index is 0. The van der Waals surface area contributed by atoms with Crippen molar-refractivity contribution in [1.82, 2.24) is 0 Å². The van der Waals surface area contributed by atoms with Gasteiger partial charge in [0.1, 0.15) is 0 Å². The molecule has 5 nitrogen and oxygen atoms in total. The van der Waals surface area contributed by atoms with Crippen LogP contribution in [0.5, 0.6) is 0 Å². The number of primary amides is 1. The summed E-state index contributed by atoms with van der Waals surface area (Å²) in [5, 5.41) is 7.89. The Morgan fingerprint density at radius 1 is 1.14 bits per heavy atom.